The minimum absolute atomic E-state index is 0.0272. The van der Waals surface area contributed by atoms with Crippen molar-refractivity contribution < 1.29 is 9.23 Å². The zero-order valence-corrected chi connectivity index (χ0v) is 7.33. The number of hydrogen-bond acceptors (Lipinski definition) is 2. The molecule has 3 heteroatoms. The molecule has 1 aliphatic rings. The zero-order valence-electron chi connectivity index (χ0n) is 7.33. The fourth-order valence-corrected chi connectivity index (χ4v) is 1.35. The van der Waals surface area contributed by atoms with Crippen LogP contribution in [0, 0.1) is 5.82 Å². The molecule has 1 unspecified atom stereocenters. The first-order chi connectivity index (χ1) is 6.25. The van der Waals surface area contributed by atoms with E-state index in [-0.39, 0.29) is 11.9 Å². The zero-order chi connectivity index (χ0) is 9.26. The fraction of sp³-hybridized carbons (Fsp3) is 0.300. The van der Waals surface area contributed by atoms with Gasteiger partial charge in [-0.25, -0.2) is 4.39 Å². The summed E-state index contributed by atoms with van der Waals surface area (Å²) >= 11 is 0. The molecule has 0 bridgehead atoms. The van der Waals surface area contributed by atoms with Gasteiger partial charge in [0.1, 0.15) is 5.82 Å². The van der Waals surface area contributed by atoms with Crippen molar-refractivity contribution in [3.63, 3.8) is 0 Å². The van der Waals surface area contributed by atoms with Crippen molar-refractivity contribution in [2.24, 2.45) is 5.16 Å². The predicted octanol–water partition coefficient (Wildman–Crippen LogP) is 2.66. The minimum Gasteiger partial charge on any atom is -0.387 e. The molecule has 0 N–H and O–H groups in total. The SMILES string of the molecule is CC1=NOC(c2ccc(F)cc2)C1. The quantitative estimate of drug-likeness (QED) is 0.649. The van der Waals surface area contributed by atoms with Crippen molar-refractivity contribution in [3.8, 4) is 0 Å². The number of nitrogens with zero attached hydrogens (tertiary/aromatic N) is 1. The van der Waals surface area contributed by atoms with Gasteiger partial charge in [-0.1, -0.05) is 17.3 Å². The van der Waals surface area contributed by atoms with Crippen LogP contribution in [0.1, 0.15) is 25.0 Å². The standard InChI is InChI=1S/C10H10FNO/c1-7-6-10(13-12-7)8-2-4-9(11)5-3-8/h2-5,10H,6H2,1H3. The summed E-state index contributed by atoms with van der Waals surface area (Å²) in [7, 11) is 0. The van der Waals surface area contributed by atoms with Gasteiger partial charge in [0, 0.05) is 6.42 Å². The molecule has 1 aromatic carbocycles. The number of hydrogen-bond donors (Lipinski definition) is 0. The Hall–Kier alpha value is -1.38. The molecule has 68 valence electrons. The van der Waals surface area contributed by atoms with Gasteiger partial charge in [0.2, 0.25) is 0 Å². The van der Waals surface area contributed by atoms with E-state index in [0.29, 0.717) is 0 Å². The average Bonchev–Trinajstić information content (AvgIpc) is 2.53. The summed E-state index contributed by atoms with van der Waals surface area (Å²) in [5.74, 6) is -0.223. The molecule has 0 saturated heterocycles. The Kier molecular flexibility index (Phi) is 2.00. The van der Waals surface area contributed by atoms with Crippen molar-refractivity contribution >= 4 is 5.71 Å². The van der Waals surface area contributed by atoms with Gasteiger partial charge < -0.3 is 4.84 Å². The van der Waals surface area contributed by atoms with Gasteiger partial charge in [0.05, 0.1) is 5.71 Å². The third kappa shape index (κ3) is 1.69. The monoisotopic (exact) mass is 179 g/mol. The molecule has 2 nitrogen and oxygen atoms in total. The Morgan fingerprint density at radius 2 is 2.08 bits per heavy atom. The Balaban J connectivity index is 2.14. The van der Waals surface area contributed by atoms with Crippen molar-refractivity contribution in [3.05, 3.63) is 35.6 Å². The predicted molar refractivity (Wildman–Crippen MR) is 48.0 cm³/mol. The van der Waals surface area contributed by atoms with E-state index in [1.165, 1.54) is 12.1 Å². The van der Waals surface area contributed by atoms with E-state index in [4.69, 9.17) is 4.84 Å². The number of benzene rings is 1. The molecular weight excluding hydrogens is 169 g/mol. The first kappa shape index (κ1) is 8.23. The smallest absolute Gasteiger partial charge is 0.157 e. The fourth-order valence-electron chi connectivity index (χ4n) is 1.35. The maximum Gasteiger partial charge on any atom is 0.157 e. The van der Waals surface area contributed by atoms with Crippen LogP contribution in [-0.4, -0.2) is 5.71 Å². The van der Waals surface area contributed by atoms with Crippen LogP contribution < -0.4 is 0 Å². The molecule has 0 aromatic heterocycles. The van der Waals surface area contributed by atoms with E-state index < -0.39 is 0 Å². The van der Waals surface area contributed by atoms with E-state index >= 15 is 0 Å². The van der Waals surface area contributed by atoms with Gasteiger partial charge in [-0.2, -0.15) is 0 Å². The highest BCUT2D eigenvalue weighted by atomic mass is 19.1. The highest BCUT2D eigenvalue weighted by Crippen LogP contribution is 2.26. The summed E-state index contributed by atoms with van der Waals surface area (Å²) < 4.78 is 12.6. The van der Waals surface area contributed by atoms with Crippen molar-refractivity contribution in [2.45, 2.75) is 19.4 Å². The molecule has 0 amide bonds. The maximum atomic E-state index is 12.6. The van der Waals surface area contributed by atoms with Crippen molar-refractivity contribution in [1.82, 2.24) is 0 Å². The lowest BCUT2D eigenvalue weighted by atomic mass is 10.1. The molecule has 0 fully saturated rings. The normalized spacial score (nSPS) is 21.1. The molecule has 1 heterocycles. The lowest BCUT2D eigenvalue weighted by molar-refractivity contribution is 0.0857. The second-order valence-corrected chi connectivity index (χ2v) is 3.18. The number of halogens is 1. The van der Waals surface area contributed by atoms with Crippen LogP contribution in [0.3, 0.4) is 0 Å². The topological polar surface area (TPSA) is 21.6 Å². The third-order valence-corrected chi connectivity index (χ3v) is 2.06. The molecule has 13 heavy (non-hydrogen) atoms. The molecule has 1 aromatic rings. The Bertz CT molecular complexity index is 331. The van der Waals surface area contributed by atoms with Gasteiger partial charge in [0.25, 0.3) is 0 Å². The first-order valence-corrected chi connectivity index (χ1v) is 4.20. The summed E-state index contributed by atoms with van der Waals surface area (Å²) in [6.45, 7) is 1.92. The summed E-state index contributed by atoms with van der Waals surface area (Å²) in [6.07, 6.45) is 0.770. The van der Waals surface area contributed by atoms with E-state index in [1.807, 2.05) is 6.92 Å². The van der Waals surface area contributed by atoms with Crippen LogP contribution in [0.5, 0.6) is 0 Å². The van der Waals surface area contributed by atoms with Gasteiger partial charge in [0.15, 0.2) is 6.10 Å². The molecule has 0 aliphatic carbocycles. The molecular formula is C10H10FNO. The molecule has 0 spiro atoms. The van der Waals surface area contributed by atoms with Gasteiger partial charge in [-0.3, -0.25) is 0 Å². The molecule has 1 atom stereocenters. The van der Waals surface area contributed by atoms with Gasteiger partial charge in [-0.05, 0) is 24.6 Å². The highest BCUT2D eigenvalue weighted by Gasteiger charge is 2.19. The lowest BCUT2D eigenvalue weighted by Crippen LogP contribution is -1.97. The highest BCUT2D eigenvalue weighted by molar-refractivity contribution is 5.83. The molecule has 2 rings (SSSR count). The van der Waals surface area contributed by atoms with E-state index in [0.717, 1.165) is 17.7 Å². The molecule has 1 aliphatic heterocycles. The largest absolute Gasteiger partial charge is 0.387 e. The van der Waals surface area contributed by atoms with Crippen molar-refractivity contribution in [1.29, 1.82) is 0 Å². The first-order valence-electron chi connectivity index (χ1n) is 4.20. The van der Waals surface area contributed by atoms with E-state index in [2.05, 4.69) is 5.16 Å². The van der Waals surface area contributed by atoms with Gasteiger partial charge >= 0.3 is 0 Å². The van der Waals surface area contributed by atoms with Gasteiger partial charge in [-0.15, -0.1) is 0 Å². The second-order valence-electron chi connectivity index (χ2n) is 3.18. The van der Waals surface area contributed by atoms with Crippen LogP contribution in [0.15, 0.2) is 29.4 Å². The minimum atomic E-state index is -0.223. The van der Waals surface area contributed by atoms with Crippen LogP contribution in [0.25, 0.3) is 0 Å². The molecule has 0 saturated carbocycles. The summed E-state index contributed by atoms with van der Waals surface area (Å²) in [4.78, 5) is 5.16. The number of oxime groups is 1. The second kappa shape index (κ2) is 3.17. The average molecular weight is 179 g/mol. The maximum absolute atomic E-state index is 12.6. The summed E-state index contributed by atoms with van der Waals surface area (Å²) in [5.41, 5.74) is 1.95. The summed E-state index contributed by atoms with van der Waals surface area (Å²) in [5, 5.41) is 3.84. The van der Waals surface area contributed by atoms with Crippen LogP contribution >= 0.6 is 0 Å². The summed E-state index contributed by atoms with van der Waals surface area (Å²) in [6, 6.07) is 6.33. The Morgan fingerprint density at radius 3 is 2.62 bits per heavy atom. The van der Waals surface area contributed by atoms with Crippen molar-refractivity contribution in [2.75, 3.05) is 0 Å². The number of rotatable bonds is 1. The van der Waals surface area contributed by atoms with Crippen LogP contribution in [-0.2, 0) is 4.84 Å². The van der Waals surface area contributed by atoms with E-state index in [1.54, 1.807) is 12.1 Å². The Labute approximate surface area is 76.0 Å². The molecule has 0 radical (unpaired) electrons. The third-order valence-electron chi connectivity index (χ3n) is 2.06. The lowest BCUT2D eigenvalue weighted by Gasteiger charge is -2.07. The van der Waals surface area contributed by atoms with E-state index in [9.17, 15) is 4.39 Å². The van der Waals surface area contributed by atoms with Crippen LogP contribution in [0.4, 0.5) is 4.39 Å². The Morgan fingerprint density at radius 1 is 1.38 bits per heavy atom. The van der Waals surface area contributed by atoms with Crippen LogP contribution in [0.2, 0.25) is 0 Å².